The molecule has 0 unspecified atom stereocenters. The fraction of sp³-hybridized carbons (Fsp3) is 0.440. The highest BCUT2D eigenvalue weighted by atomic mass is 16.5. The molecule has 1 atom stereocenters. The average molecular weight is 466 g/mol. The normalized spacial score (nSPS) is 14.8. The van der Waals surface area contributed by atoms with Gasteiger partial charge in [-0.15, -0.1) is 5.10 Å². The molecule has 1 saturated carbocycles. The summed E-state index contributed by atoms with van der Waals surface area (Å²) < 4.78 is 12.2. The van der Waals surface area contributed by atoms with Crippen LogP contribution in [-0.4, -0.2) is 65.1 Å². The van der Waals surface area contributed by atoms with Gasteiger partial charge in [-0.3, -0.25) is 9.59 Å². The predicted octanol–water partition coefficient (Wildman–Crippen LogP) is 2.71. The molecule has 180 valence electrons. The van der Waals surface area contributed by atoms with Gasteiger partial charge < -0.3 is 19.7 Å². The van der Waals surface area contributed by atoms with Crippen LogP contribution in [0.2, 0.25) is 0 Å². The number of ether oxygens (including phenoxy) is 2. The zero-order valence-corrected chi connectivity index (χ0v) is 19.6. The first-order chi connectivity index (χ1) is 16.6. The van der Waals surface area contributed by atoms with Crippen molar-refractivity contribution in [2.45, 2.75) is 44.3 Å². The van der Waals surface area contributed by atoms with E-state index in [0.29, 0.717) is 23.4 Å². The van der Waals surface area contributed by atoms with E-state index in [1.807, 2.05) is 42.5 Å². The third-order valence-corrected chi connectivity index (χ3v) is 6.23. The van der Waals surface area contributed by atoms with Gasteiger partial charge in [0.25, 0.3) is 0 Å². The van der Waals surface area contributed by atoms with Crippen LogP contribution in [0, 0.1) is 0 Å². The Kier molecular flexibility index (Phi) is 7.74. The predicted molar refractivity (Wildman–Crippen MR) is 127 cm³/mol. The number of hydrogen-bond donors (Lipinski definition) is 1. The van der Waals surface area contributed by atoms with Gasteiger partial charge in [0.05, 0.1) is 19.2 Å². The van der Waals surface area contributed by atoms with E-state index in [4.69, 9.17) is 9.47 Å². The maximum atomic E-state index is 13.6. The van der Waals surface area contributed by atoms with Gasteiger partial charge in [0.1, 0.15) is 23.9 Å². The Balaban J connectivity index is 1.66. The van der Waals surface area contributed by atoms with E-state index in [1.54, 1.807) is 29.9 Å². The molecule has 9 nitrogen and oxygen atoms in total. The summed E-state index contributed by atoms with van der Waals surface area (Å²) in [5.74, 6) is 0.174. The van der Waals surface area contributed by atoms with Crippen molar-refractivity contribution in [2.24, 2.45) is 0 Å². The fourth-order valence-electron chi connectivity index (χ4n) is 4.48. The Bertz CT molecular complexity index is 1130. The molecule has 1 aliphatic rings. The minimum Gasteiger partial charge on any atom is -0.497 e. The Morgan fingerprint density at radius 1 is 1.15 bits per heavy atom. The number of rotatable bonds is 10. The highest BCUT2D eigenvalue weighted by molar-refractivity contribution is 5.89. The van der Waals surface area contributed by atoms with Gasteiger partial charge in [-0.2, -0.15) is 0 Å². The van der Waals surface area contributed by atoms with Crippen LogP contribution in [0.1, 0.15) is 37.3 Å². The van der Waals surface area contributed by atoms with E-state index in [9.17, 15) is 9.59 Å². The smallest absolute Gasteiger partial charge is 0.247 e. The first-order valence-corrected chi connectivity index (χ1v) is 11.6. The number of carbonyl (C=O) groups excluding carboxylic acids is 2. The minimum absolute atomic E-state index is 0.0403. The van der Waals surface area contributed by atoms with E-state index in [1.165, 1.54) is 0 Å². The van der Waals surface area contributed by atoms with E-state index in [0.717, 1.165) is 31.2 Å². The summed E-state index contributed by atoms with van der Waals surface area (Å²) in [5, 5.41) is 11.5. The van der Waals surface area contributed by atoms with Crippen LogP contribution in [0.5, 0.6) is 5.75 Å². The number of benzene rings is 2. The van der Waals surface area contributed by atoms with Crippen LogP contribution < -0.4 is 10.1 Å². The van der Waals surface area contributed by atoms with Gasteiger partial charge in [-0.25, -0.2) is 4.68 Å². The molecular formula is C25H31N5O4. The molecule has 1 aliphatic carbocycles. The lowest BCUT2D eigenvalue weighted by Crippen LogP contribution is -2.48. The van der Waals surface area contributed by atoms with Crippen LogP contribution in [0.3, 0.4) is 0 Å². The average Bonchev–Trinajstić information content (AvgIpc) is 3.51. The molecule has 0 spiro atoms. The second-order valence-corrected chi connectivity index (χ2v) is 8.48. The lowest BCUT2D eigenvalue weighted by atomic mass is 10.0. The summed E-state index contributed by atoms with van der Waals surface area (Å²) in [7, 11) is 3.16. The van der Waals surface area contributed by atoms with Gasteiger partial charge >= 0.3 is 0 Å². The number of para-hydroxylation sites is 1. The Labute approximate surface area is 199 Å². The van der Waals surface area contributed by atoms with Gasteiger partial charge in [0.15, 0.2) is 0 Å². The number of aromatic nitrogens is 3. The molecule has 1 aromatic heterocycles. The molecule has 0 bridgehead atoms. The van der Waals surface area contributed by atoms with Crippen molar-refractivity contribution in [3.8, 4) is 5.75 Å². The van der Waals surface area contributed by atoms with E-state index < -0.39 is 6.04 Å². The second-order valence-electron chi connectivity index (χ2n) is 8.48. The van der Waals surface area contributed by atoms with Crippen molar-refractivity contribution in [2.75, 3.05) is 27.4 Å². The quantitative estimate of drug-likeness (QED) is 0.494. The number of amides is 2. The fourth-order valence-corrected chi connectivity index (χ4v) is 4.48. The molecule has 3 aromatic rings. The number of carbonyl (C=O) groups is 2. The molecule has 0 aliphatic heterocycles. The molecule has 34 heavy (non-hydrogen) atoms. The summed E-state index contributed by atoms with van der Waals surface area (Å²) >= 11 is 0. The zero-order valence-electron chi connectivity index (χ0n) is 19.6. The van der Waals surface area contributed by atoms with E-state index >= 15 is 0 Å². The Morgan fingerprint density at radius 2 is 1.94 bits per heavy atom. The van der Waals surface area contributed by atoms with Crippen molar-refractivity contribution < 1.29 is 19.1 Å². The number of nitrogens with one attached hydrogen (secondary N) is 1. The molecule has 1 fully saturated rings. The van der Waals surface area contributed by atoms with Gasteiger partial charge in [0.2, 0.25) is 11.8 Å². The van der Waals surface area contributed by atoms with Gasteiger partial charge in [-0.05, 0) is 42.7 Å². The number of fused-ring (bicyclic) bond motifs is 1. The Morgan fingerprint density at radius 3 is 2.71 bits per heavy atom. The monoisotopic (exact) mass is 465 g/mol. The molecular weight excluding hydrogens is 434 g/mol. The summed E-state index contributed by atoms with van der Waals surface area (Å²) in [6.07, 6.45) is 4.10. The topological polar surface area (TPSA) is 98.6 Å². The maximum absolute atomic E-state index is 13.6. The highest BCUT2D eigenvalue weighted by Crippen LogP contribution is 2.27. The SMILES string of the molecule is COCCN(C(=O)Cn1nnc2ccccc21)[C@H](C(=O)NC1CCCC1)c1cccc(OC)c1. The summed E-state index contributed by atoms with van der Waals surface area (Å²) in [6.45, 7) is 0.504. The van der Waals surface area contributed by atoms with E-state index in [2.05, 4.69) is 15.6 Å². The lowest BCUT2D eigenvalue weighted by Gasteiger charge is -2.32. The first-order valence-electron chi connectivity index (χ1n) is 11.6. The van der Waals surface area contributed by atoms with Crippen LogP contribution in [0.15, 0.2) is 48.5 Å². The third-order valence-electron chi connectivity index (χ3n) is 6.23. The number of hydrogen-bond acceptors (Lipinski definition) is 6. The molecule has 2 aromatic carbocycles. The zero-order chi connectivity index (χ0) is 23.9. The van der Waals surface area contributed by atoms with Gasteiger partial charge in [-0.1, -0.05) is 42.3 Å². The molecule has 1 heterocycles. The standard InChI is InChI=1S/C25H31N5O4/c1-33-15-14-29(23(31)17-30-22-13-6-5-12-21(22)27-28-30)24(18-8-7-11-20(16-18)34-2)25(32)26-19-9-3-4-10-19/h5-8,11-13,16,19,24H,3-4,9-10,14-15,17H2,1-2H3,(H,26,32)/t24-/m0/s1. The van der Waals surface area contributed by atoms with Crippen molar-refractivity contribution >= 4 is 22.8 Å². The highest BCUT2D eigenvalue weighted by Gasteiger charge is 2.33. The molecule has 2 amide bonds. The van der Waals surface area contributed by atoms with Crippen molar-refractivity contribution in [3.05, 3.63) is 54.1 Å². The number of nitrogens with zero attached hydrogens (tertiary/aromatic N) is 4. The van der Waals surface area contributed by atoms with Crippen LogP contribution in [0.4, 0.5) is 0 Å². The first kappa shape index (κ1) is 23.7. The summed E-state index contributed by atoms with van der Waals surface area (Å²) in [5.41, 5.74) is 2.15. The van der Waals surface area contributed by atoms with Crippen molar-refractivity contribution in [1.29, 1.82) is 0 Å². The van der Waals surface area contributed by atoms with Crippen molar-refractivity contribution in [1.82, 2.24) is 25.2 Å². The molecule has 9 heteroatoms. The summed E-state index contributed by atoms with van der Waals surface area (Å²) in [6, 6.07) is 14.1. The molecule has 1 N–H and O–H groups in total. The summed E-state index contributed by atoms with van der Waals surface area (Å²) in [4.78, 5) is 28.8. The van der Waals surface area contributed by atoms with Crippen LogP contribution in [0.25, 0.3) is 11.0 Å². The molecule has 0 radical (unpaired) electrons. The second kappa shape index (κ2) is 11.1. The molecule has 0 saturated heterocycles. The van der Waals surface area contributed by atoms with Crippen LogP contribution >= 0.6 is 0 Å². The lowest BCUT2D eigenvalue weighted by molar-refractivity contribution is -0.142. The Hall–Kier alpha value is -3.46. The maximum Gasteiger partial charge on any atom is 0.247 e. The number of methoxy groups -OCH3 is 2. The van der Waals surface area contributed by atoms with Crippen LogP contribution in [-0.2, 0) is 20.9 Å². The van der Waals surface area contributed by atoms with Gasteiger partial charge in [0, 0.05) is 19.7 Å². The third kappa shape index (κ3) is 5.36. The van der Waals surface area contributed by atoms with E-state index in [-0.39, 0.29) is 30.9 Å². The minimum atomic E-state index is -0.826. The molecule has 4 rings (SSSR count). The van der Waals surface area contributed by atoms with Crippen molar-refractivity contribution in [3.63, 3.8) is 0 Å². The largest absolute Gasteiger partial charge is 0.497 e.